The highest BCUT2D eigenvalue weighted by Gasteiger charge is 2.18. The van der Waals surface area contributed by atoms with Crippen molar-refractivity contribution in [3.63, 3.8) is 0 Å². The van der Waals surface area contributed by atoms with Gasteiger partial charge in [0.25, 0.3) is 0 Å². The molecule has 0 saturated heterocycles. The Morgan fingerprint density at radius 2 is 1.23 bits per heavy atom. The highest BCUT2D eigenvalue weighted by molar-refractivity contribution is 5.69. The minimum absolute atomic E-state index is 0.537. The molecule has 1 N–H and O–H groups in total. The van der Waals surface area contributed by atoms with Gasteiger partial charge in [-0.15, -0.1) is 0 Å². The second-order valence-corrected chi connectivity index (χ2v) is 15.2. The van der Waals surface area contributed by atoms with Crippen LogP contribution in [0.1, 0.15) is 149 Å². The zero-order valence-corrected chi connectivity index (χ0v) is 34.5. The average Bonchev–Trinajstić information content (AvgIpc) is 3.17. The number of nitrogens with zero attached hydrogens (tertiary/aromatic N) is 3. The summed E-state index contributed by atoms with van der Waals surface area (Å²) in [6.07, 6.45) is 18.5. The van der Waals surface area contributed by atoms with E-state index in [1.54, 1.807) is 0 Å². The molecule has 0 bridgehead atoms. The Balaban J connectivity index is 1.85. The van der Waals surface area contributed by atoms with Gasteiger partial charge in [0.2, 0.25) is 0 Å². The highest BCUT2D eigenvalue weighted by Crippen LogP contribution is 2.35. The number of unbranched alkanes of at least 4 members (excludes halogenated alkanes) is 4. The van der Waals surface area contributed by atoms with E-state index in [-0.39, 0.29) is 0 Å². The number of hydrogen-bond donors (Lipinski definition) is 1. The van der Waals surface area contributed by atoms with E-state index in [0.29, 0.717) is 12.5 Å². The van der Waals surface area contributed by atoms with Crippen molar-refractivity contribution >= 4 is 28.4 Å². The second kappa shape index (κ2) is 24.8. The monoisotopic (exact) mass is 711 g/mol. The lowest BCUT2D eigenvalue weighted by Crippen LogP contribution is -2.34. The van der Waals surface area contributed by atoms with Crippen molar-refractivity contribution < 1.29 is 4.74 Å². The molecule has 0 spiro atoms. The molecule has 0 amide bonds. The van der Waals surface area contributed by atoms with Crippen LogP contribution in [-0.4, -0.2) is 19.7 Å². The molecule has 3 aromatic rings. The van der Waals surface area contributed by atoms with Gasteiger partial charge >= 0.3 is 0 Å². The van der Waals surface area contributed by atoms with Gasteiger partial charge in [-0.25, -0.2) is 0 Å². The lowest BCUT2D eigenvalue weighted by atomic mass is 9.95. The number of azo groups is 1. The molecule has 3 aromatic carbocycles. The molecule has 0 aliphatic heterocycles. The van der Waals surface area contributed by atoms with Crippen LogP contribution in [-0.2, 0) is 6.42 Å². The molecule has 0 aromatic heterocycles. The first-order chi connectivity index (χ1) is 25.4. The van der Waals surface area contributed by atoms with E-state index in [4.69, 9.17) is 15.0 Å². The smallest absolute Gasteiger partial charge is 0.144 e. The predicted molar refractivity (Wildman–Crippen MR) is 228 cm³/mol. The average molecular weight is 711 g/mol. The summed E-state index contributed by atoms with van der Waals surface area (Å²) < 4.78 is 6.56. The molecule has 5 heteroatoms. The van der Waals surface area contributed by atoms with Gasteiger partial charge in [-0.2, -0.15) is 10.2 Å². The number of nitrogens with one attached hydrogen (secondary N) is 1. The van der Waals surface area contributed by atoms with Gasteiger partial charge in [-0.05, 0) is 110 Å². The summed E-state index contributed by atoms with van der Waals surface area (Å²) >= 11 is 0. The molecule has 0 aliphatic rings. The molecule has 5 nitrogen and oxygen atoms in total. The maximum absolute atomic E-state index is 6.56. The molecule has 52 heavy (non-hydrogen) atoms. The fourth-order valence-electron chi connectivity index (χ4n) is 7.00. The number of rotatable bonds is 27. The van der Waals surface area contributed by atoms with E-state index in [0.717, 1.165) is 71.8 Å². The van der Waals surface area contributed by atoms with Crippen molar-refractivity contribution in [3.05, 3.63) is 71.8 Å². The summed E-state index contributed by atoms with van der Waals surface area (Å²) in [5.74, 6) is 2.81. The maximum Gasteiger partial charge on any atom is 0.144 e. The van der Waals surface area contributed by atoms with Crippen LogP contribution in [0.25, 0.3) is 0 Å². The third kappa shape index (κ3) is 15.0. The maximum atomic E-state index is 6.56. The first kappa shape index (κ1) is 43.1. The first-order valence-corrected chi connectivity index (χ1v) is 21.3. The Bertz CT molecular complexity index is 1400. The van der Waals surface area contributed by atoms with Crippen LogP contribution in [0.3, 0.4) is 0 Å². The van der Waals surface area contributed by atoms with Crippen LogP contribution in [0.5, 0.6) is 5.75 Å². The Morgan fingerprint density at radius 1 is 0.635 bits per heavy atom. The third-order valence-electron chi connectivity index (χ3n) is 10.9. The standard InChI is InChI=1S/C47H74N4O/c1-9-16-20-38(13-5)34-51(35-39(14-6)21-17-10-2)44-29-31-45(37(8)32-44)50-49-43-28-30-46(47(33-43)52-36-40(15-7)22-18-11-3)48-42-26-24-41(25-27-42)23-19-12-4/h24-33,38-40,48H,9-23,34-36H2,1-8H3. The number of hydrogen-bond acceptors (Lipinski definition) is 5. The topological polar surface area (TPSA) is 49.2 Å². The lowest BCUT2D eigenvalue weighted by Gasteiger charge is -2.33. The SMILES string of the molecule is CCCCc1ccc(Nc2ccc(N=Nc3ccc(N(CC(CC)CCCC)CC(CC)CCCC)cc3C)cc2OCC(CC)CCCC)cc1. The summed E-state index contributed by atoms with van der Waals surface area (Å²) in [4.78, 5) is 2.68. The van der Waals surface area contributed by atoms with Gasteiger partial charge in [0.1, 0.15) is 5.75 Å². The van der Waals surface area contributed by atoms with Crippen molar-refractivity contribution in [3.8, 4) is 5.75 Å². The van der Waals surface area contributed by atoms with Gasteiger partial charge in [0.05, 0.1) is 23.7 Å². The van der Waals surface area contributed by atoms with E-state index in [2.05, 4.69) is 114 Å². The summed E-state index contributed by atoms with van der Waals surface area (Å²) in [7, 11) is 0. The normalized spacial score (nSPS) is 13.3. The third-order valence-corrected chi connectivity index (χ3v) is 10.9. The molecule has 0 radical (unpaired) electrons. The van der Waals surface area contributed by atoms with Crippen molar-refractivity contribution in [2.75, 3.05) is 29.9 Å². The Labute approximate surface area is 319 Å². The van der Waals surface area contributed by atoms with Crippen LogP contribution in [0.4, 0.5) is 28.4 Å². The van der Waals surface area contributed by atoms with Crippen LogP contribution in [0.2, 0.25) is 0 Å². The van der Waals surface area contributed by atoms with Crippen LogP contribution in [0.15, 0.2) is 70.9 Å². The van der Waals surface area contributed by atoms with Gasteiger partial charge in [0, 0.05) is 30.5 Å². The molecule has 3 atom stereocenters. The quantitative estimate of drug-likeness (QED) is 0.0801. The molecular weight excluding hydrogens is 637 g/mol. The Hall–Kier alpha value is -3.34. The lowest BCUT2D eigenvalue weighted by molar-refractivity contribution is 0.234. The zero-order chi connectivity index (χ0) is 37.6. The van der Waals surface area contributed by atoms with E-state index in [1.807, 2.05) is 12.1 Å². The summed E-state index contributed by atoms with van der Waals surface area (Å²) in [6.45, 7) is 21.2. The van der Waals surface area contributed by atoms with Crippen LogP contribution >= 0.6 is 0 Å². The molecule has 288 valence electrons. The van der Waals surface area contributed by atoms with Gasteiger partial charge in [-0.1, -0.05) is 125 Å². The summed E-state index contributed by atoms with van der Waals surface area (Å²) in [5, 5.41) is 13.2. The number of benzene rings is 3. The van der Waals surface area contributed by atoms with E-state index in [1.165, 1.54) is 94.7 Å². The van der Waals surface area contributed by atoms with E-state index < -0.39 is 0 Å². The molecule has 3 rings (SSSR count). The van der Waals surface area contributed by atoms with Gasteiger partial charge in [0.15, 0.2) is 0 Å². The van der Waals surface area contributed by atoms with Crippen molar-refractivity contribution in [1.29, 1.82) is 0 Å². The Morgan fingerprint density at radius 3 is 1.79 bits per heavy atom. The molecule has 0 saturated carbocycles. The fourth-order valence-corrected chi connectivity index (χ4v) is 7.00. The minimum atomic E-state index is 0.537. The highest BCUT2D eigenvalue weighted by atomic mass is 16.5. The van der Waals surface area contributed by atoms with Crippen LogP contribution < -0.4 is 15.0 Å². The molecule has 0 fully saturated rings. The van der Waals surface area contributed by atoms with E-state index in [9.17, 15) is 0 Å². The van der Waals surface area contributed by atoms with Gasteiger partial charge < -0.3 is 15.0 Å². The molecule has 0 heterocycles. The predicted octanol–water partition coefficient (Wildman–Crippen LogP) is 15.3. The first-order valence-electron chi connectivity index (χ1n) is 21.3. The largest absolute Gasteiger partial charge is 0.491 e. The summed E-state index contributed by atoms with van der Waals surface area (Å²) in [5.41, 5.74) is 7.59. The number of anilines is 3. The van der Waals surface area contributed by atoms with Crippen molar-refractivity contribution in [1.82, 2.24) is 0 Å². The number of aryl methyl sites for hydroxylation is 2. The Kier molecular flexibility index (Phi) is 20.6. The van der Waals surface area contributed by atoms with Crippen molar-refractivity contribution in [2.24, 2.45) is 28.0 Å². The minimum Gasteiger partial charge on any atom is -0.491 e. The van der Waals surface area contributed by atoms with Gasteiger partial charge in [-0.3, -0.25) is 0 Å². The molecule has 0 aliphatic carbocycles. The van der Waals surface area contributed by atoms with E-state index >= 15 is 0 Å². The van der Waals surface area contributed by atoms with Crippen LogP contribution in [0, 0.1) is 24.7 Å². The molecular formula is C47H74N4O. The molecule has 3 unspecified atom stereocenters. The zero-order valence-electron chi connectivity index (χ0n) is 34.5. The van der Waals surface area contributed by atoms with Crippen molar-refractivity contribution in [2.45, 2.75) is 152 Å². The number of ether oxygens (including phenoxy) is 1. The second-order valence-electron chi connectivity index (χ2n) is 15.2. The summed E-state index contributed by atoms with van der Waals surface area (Å²) in [6, 6.07) is 21.8. The fraction of sp³-hybridized carbons (Fsp3) is 0.617.